The summed E-state index contributed by atoms with van der Waals surface area (Å²) >= 11 is 0. The first-order valence-corrected chi connectivity index (χ1v) is 13.0. The van der Waals surface area contributed by atoms with Gasteiger partial charge in [0.05, 0.1) is 17.8 Å². The second-order valence-electron chi connectivity index (χ2n) is 10.4. The van der Waals surface area contributed by atoms with E-state index < -0.39 is 11.6 Å². The quantitative estimate of drug-likeness (QED) is 0.386. The first-order valence-electron chi connectivity index (χ1n) is 13.0. The topological polar surface area (TPSA) is 92.1 Å². The number of imidazole rings is 1. The summed E-state index contributed by atoms with van der Waals surface area (Å²) in [6.45, 7) is 8.76. The smallest absolute Gasteiger partial charge is 0.239 e. The number of aryl methyl sites for hydroxylation is 1. The average molecular weight is 535 g/mol. The second kappa shape index (κ2) is 10.3. The number of nitrogens with one attached hydrogen (secondary N) is 1. The molecule has 11 heteroatoms. The average Bonchev–Trinajstić information content (AvgIpc) is 3.25. The molecule has 4 heterocycles. The number of carbonyl (C=O) groups excluding carboxylic acids is 1. The zero-order chi connectivity index (χ0) is 28.0. The van der Waals surface area contributed by atoms with Gasteiger partial charge in [0.25, 0.3) is 0 Å². The minimum absolute atomic E-state index is 0.0235. The van der Waals surface area contributed by atoms with E-state index in [1.54, 1.807) is 12.1 Å². The number of hydrogen-bond donors (Lipinski definition) is 1. The van der Waals surface area contributed by atoms with E-state index in [1.807, 2.05) is 62.2 Å². The molecule has 1 amide bonds. The van der Waals surface area contributed by atoms with Crippen LogP contribution in [0.15, 0.2) is 30.5 Å². The van der Waals surface area contributed by atoms with Gasteiger partial charge in [-0.3, -0.25) is 9.69 Å². The summed E-state index contributed by atoms with van der Waals surface area (Å²) < 4.78 is 31.8. The molecular weight excluding hydrogens is 502 g/mol. The highest BCUT2D eigenvalue weighted by molar-refractivity contribution is 5.83. The Morgan fingerprint density at radius 3 is 2.56 bits per heavy atom. The van der Waals surface area contributed by atoms with E-state index in [4.69, 9.17) is 4.98 Å². The molecular formula is C28H32F2N8O. The minimum Gasteiger partial charge on any atom is -0.337 e. The largest absolute Gasteiger partial charge is 0.337 e. The maximum atomic E-state index is 15.0. The number of benzene rings is 1. The Labute approximate surface area is 225 Å². The van der Waals surface area contributed by atoms with E-state index >= 15 is 0 Å². The molecule has 0 fully saturated rings. The van der Waals surface area contributed by atoms with E-state index in [9.17, 15) is 13.6 Å². The van der Waals surface area contributed by atoms with Gasteiger partial charge in [0, 0.05) is 36.8 Å². The van der Waals surface area contributed by atoms with Crippen molar-refractivity contribution >= 4 is 28.7 Å². The van der Waals surface area contributed by atoms with E-state index in [0.29, 0.717) is 42.2 Å². The Bertz CT molecular complexity index is 1570. The number of carbonyl (C=O) groups is 1. The summed E-state index contributed by atoms with van der Waals surface area (Å²) in [4.78, 5) is 34.0. The van der Waals surface area contributed by atoms with Crippen LogP contribution >= 0.6 is 0 Å². The number of pyridine rings is 1. The molecule has 1 aliphatic rings. The van der Waals surface area contributed by atoms with Gasteiger partial charge in [-0.05, 0) is 65.6 Å². The number of halogens is 2. The lowest BCUT2D eigenvalue weighted by Gasteiger charge is -2.32. The monoisotopic (exact) mass is 534 g/mol. The van der Waals surface area contributed by atoms with Crippen LogP contribution in [0.4, 0.5) is 20.5 Å². The van der Waals surface area contributed by atoms with Crippen molar-refractivity contribution in [2.45, 2.75) is 52.7 Å². The summed E-state index contributed by atoms with van der Waals surface area (Å²) in [6, 6.07) is 6.51. The molecule has 1 aliphatic heterocycles. The van der Waals surface area contributed by atoms with Crippen molar-refractivity contribution in [3.8, 4) is 11.3 Å². The van der Waals surface area contributed by atoms with E-state index in [1.165, 1.54) is 6.07 Å². The molecule has 1 aromatic carbocycles. The Hall–Kier alpha value is -3.99. The molecule has 9 nitrogen and oxygen atoms in total. The van der Waals surface area contributed by atoms with Crippen molar-refractivity contribution in [3.63, 3.8) is 0 Å². The molecule has 39 heavy (non-hydrogen) atoms. The van der Waals surface area contributed by atoms with Crippen LogP contribution in [0.3, 0.4) is 0 Å². The lowest BCUT2D eigenvalue weighted by atomic mass is 10.0. The molecule has 0 radical (unpaired) electrons. The van der Waals surface area contributed by atoms with Crippen LogP contribution in [-0.2, 0) is 17.8 Å². The number of anilines is 2. The van der Waals surface area contributed by atoms with E-state index in [2.05, 4.69) is 20.3 Å². The lowest BCUT2D eigenvalue weighted by molar-refractivity contribution is -0.136. The van der Waals surface area contributed by atoms with Gasteiger partial charge in [0.15, 0.2) is 11.6 Å². The normalized spacial score (nSPS) is 14.3. The van der Waals surface area contributed by atoms with E-state index in [-0.39, 0.29) is 35.1 Å². The van der Waals surface area contributed by atoms with Gasteiger partial charge in [-0.15, -0.1) is 0 Å². The first kappa shape index (κ1) is 26.6. The van der Waals surface area contributed by atoms with Crippen molar-refractivity contribution in [1.82, 2.24) is 34.3 Å². The number of nitrogens with zero attached hydrogens (tertiary/aromatic N) is 7. The third-order valence-corrected chi connectivity index (χ3v) is 7.19. The highest BCUT2D eigenvalue weighted by Crippen LogP contribution is 2.30. The molecule has 5 rings (SSSR count). The van der Waals surface area contributed by atoms with Crippen molar-refractivity contribution in [1.29, 1.82) is 0 Å². The maximum Gasteiger partial charge on any atom is 0.239 e. The summed E-state index contributed by atoms with van der Waals surface area (Å²) in [5.74, 6) is 0.201. The van der Waals surface area contributed by atoms with Gasteiger partial charge in [-0.25, -0.2) is 28.7 Å². The van der Waals surface area contributed by atoms with Crippen LogP contribution in [0.1, 0.15) is 43.9 Å². The SMILES string of the molecule is Cc1nc2c(F)cc(-c3nc(Nc4ccc5c(n4)CCN(C(=O)C(C)N(C)C)C5)ncc3F)cc2n1C(C)C. The molecule has 204 valence electrons. The maximum absolute atomic E-state index is 15.0. The molecule has 0 bridgehead atoms. The number of amides is 1. The highest BCUT2D eigenvalue weighted by atomic mass is 19.1. The van der Waals surface area contributed by atoms with Crippen LogP contribution in [-0.4, -0.2) is 66.9 Å². The fraction of sp³-hybridized carbons (Fsp3) is 0.393. The standard InChI is InChI=1S/C28H32F2N8O/c1-15(2)38-17(4)32-26-20(29)11-19(12-23(26)38)25-21(30)13-31-28(35-25)34-24-8-7-18-14-37(10-9-22(18)33-24)27(39)16(3)36(5)6/h7-8,11-13,15-16H,9-10,14H2,1-6H3,(H,31,33,34,35). The van der Waals surface area contributed by atoms with Gasteiger partial charge in [0.1, 0.15) is 22.9 Å². The Kier molecular flexibility index (Phi) is 7.02. The Morgan fingerprint density at radius 2 is 1.85 bits per heavy atom. The van der Waals surface area contributed by atoms with Crippen LogP contribution in [0.5, 0.6) is 0 Å². The molecule has 1 unspecified atom stereocenters. The molecule has 0 aliphatic carbocycles. The van der Waals surface area contributed by atoms with Gasteiger partial charge >= 0.3 is 0 Å². The lowest BCUT2D eigenvalue weighted by Crippen LogP contribution is -2.46. The Morgan fingerprint density at radius 1 is 1.08 bits per heavy atom. The fourth-order valence-corrected chi connectivity index (χ4v) is 4.96. The molecule has 0 spiro atoms. The van der Waals surface area contributed by atoms with Crippen LogP contribution in [0.25, 0.3) is 22.3 Å². The summed E-state index contributed by atoms with van der Waals surface area (Å²) in [5.41, 5.74) is 2.95. The van der Waals surface area contributed by atoms with Gasteiger partial charge in [-0.1, -0.05) is 6.07 Å². The van der Waals surface area contributed by atoms with Crippen LogP contribution in [0, 0.1) is 18.6 Å². The van der Waals surface area contributed by atoms with Crippen LogP contribution < -0.4 is 5.32 Å². The first-order chi connectivity index (χ1) is 18.5. The predicted molar refractivity (Wildman–Crippen MR) is 146 cm³/mol. The van der Waals surface area contributed by atoms with Crippen molar-refractivity contribution in [2.75, 3.05) is 26.0 Å². The third-order valence-electron chi connectivity index (χ3n) is 7.19. The van der Waals surface area contributed by atoms with Crippen molar-refractivity contribution in [2.24, 2.45) is 0 Å². The fourth-order valence-electron chi connectivity index (χ4n) is 4.96. The van der Waals surface area contributed by atoms with Crippen molar-refractivity contribution < 1.29 is 13.6 Å². The number of hydrogen-bond acceptors (Lipinski definition) is 7. The van der Waals surface area contributed by atoms with Gasteiger partial charge < -0.3 is 14.8 Å². The summed E-state index contributed by atoms with van der Waals surface area (Å²) in [5, 5.41) is 3.05. The third kappa shape index (κ3) is 5.06. The Balaban J connectivity index is 1.41. The van der Waals surface area contributed by atoms with Gasteiger partial charge in [0.2, 0.25) is 11.9 Å². The predicted octanol–water partition coefficient (Wildman–Crippen LogP) is 4.63. The summed E-state index contributed by atoms with van der Waals surface area (Å²) in [6.07, 6.45) is 1.68. The summed E-state index contributed by atoms with van der Waals surface area (Å²) in [7, 11) is 3.78. The molecule has 0 saturated heterocycles. The van der Waals surface area contributed by atoms with Crippen molar-refractivity contribution in [3.05, 3.63) is 59.2 Å². The minimum atomic E-state index is -0.665. The molecule has 4 aromatic rings. The number of likely N-dealkylation sites (N-methyl/N-ethyl adjacent to an activating group) is 1. The number of aromatic nitrogens is 5. The number of fused-ring (bicyclic) bond motifs is 2. The zero-order valence-corrected chi connectivity index (χ0v) is 23.0. The second-order valence-corrected chi connectivity index (χ2v) is 10.4. The van der Waals surface area contributed by atoms with Crippen LogP contribution in [0.2, 0.25) is 0 Å². The van der Waals surface area contributed by atoms with E-state index in [0.717, 1.165) is 17.5 Å². The zero-order valence-electron chi connectivity index (χ0n) is 23.0. The molecule has 1 N–H and O–H groups in total. The number of rotatable bonds is 6. The molecule has 1 atom stereocenters. The molecule has 0 saturated carbocycles. The molecule has 3 aromatic heterocycles. The highest BCUT2D eigenvalue weighted by Gasteiger charge is 2.26. The van der Waals surface area contributed by atoms with Gasteiger partial charge in [-0.2, -0.15) is 0 Å².